The van der Waals surface area contributed by atoms with E-state index in [-0.39, 0.29) is 5.56 Å². The molecule has 0 unspecified atom stereocenters. The highest BCUT2D eigenvalue weighted by molar-refractivity contribution is 6.29. The average Bonchev–Trinajstić information content (AvgIpc) is 2.53. The molecule has 0 amide bonds. The number of nitrogens with zero attached hydrogens (tertiary/aromatic N) is 1. The van der Waals surface area contributed by atoms with Gasteiger partial charge in [-0.1, -0.05) is 17.7 Å². The van der Waals surface area contributed by atoms with Crippen molar-refractivity contribution in [3.8, 4) is 0 Å². The van der Waals surface area contributed by atoms with Crippen LogP contribution in [0.3, 0.4) is 0 Å². The molecule has 0 bridgehead atoms. The van der Waals surface area contributed by atoms with E-state index in [0.717, 1.165) is 5.56 Å². The van der Waals surface area contributed by atoms with Gasteiger partial charge >= 0.3 is 0 Å². The number of rotatable bonds is 2. The monoisotopic (exact) mass is 224 g/mol. The van der Waals surface area contributed by atoms with Crippen molar-refractivity contribution in [2.75, 3.05) is 0 Å². The summed E-state index contributed by atoms with van der Waals surface area (Å²) in [4.78, 5) is 15.3. The molecule has 0 spiro atoms. The summed E-state index contributed by atoms with van der Waals surface area (Å²) in [6, 6.07) is 3.53. The fourth-order valence-electron chi connectivity index (χ4n) is 1.33. The van der Waals surface area contributed by atoms with Crippen LogP contribution in [0.25, 0.3) is 0 Å². The van der Waals surface area contributed by atoms with Gasteiger partial charge in [-0.25, -0.2) is 4.98 Å². The lowest BCUT2D eigenvalue weighted by atomic mass is 10.1. The van der Waals surface area contributed by atoms with Crippen molar-refractivity contribution in [3.05, 3.63) is 50.7 Å². The fourth-order valence-corrected chi connectivity index (χ4v) is 1.44. The molecule has 4 nitrogen and oxygen atoms in total. The third kappa shape index (κ3) is 2.10. The van der Waals surface area contributed by atoms with Crippen LogP contribution < -0.4 is 5.56 Å². The van der Waals surface area contributed by atoms with Gasteiger partial charge < -0.3 is 4.52 Å². The molecule has 2 aromatic heterocycles. The highest BCUT2D eigenvalue weighted by atomic mass is 35.5. The maximum absolute atomic E-state index is 11.3. The van der Waals surface area contributed by atoms with Crippen LogP contribution in [0.1, 0.15) is 16.9 Å². The van der Waals surface area contributed by atoms with Crippen molar-refractivity contribution in [1.82, 2.24) is 10.1 Å². The molecule has 0 aliphatic carbocycles. The van der Waals surface area contributed by atoms with E-state index in [9.17, 15) is 4.79 Å². The van der Waals surface area contributed by atoms with Gasteiger partial charge in [0.25, 0.3) is 5.56 Å². The second-order valence-electron chi connectivity index (χ2n) is 3.23. The molecule has 5 heteroatoms. The van der Waals surface area contributed by atoms with E-state index < -0.39 is 0 Å². The standard InChI is InChI=1S/C10H9ClN2O2/c1-6-8(10(14)13-15-6)4-7-2-3-9(11)12-5-7/h2-3,5H,4H2,1H3,(H,13,14). The van der Waals surface area contributed by atoms with Gasteiger partial charge in [0.2, 0.25) is 0 Å². The van der Waals surface area contributed by atoms with Crippen molar-refractivity contribution < 1.29 is 4.52 Å². The molecule has 1 N–H and O–H groups in total. The maximum Gasteiger partial charge on any atom is 0.283 e. The summed E-state index contributed by atoms with van der Waals surface area (Å²) >= 11 is 5.66. The molecule has 0 saturated heterocycles. The van der Waals surface area contributed by atoms with Crippen LogP contribution in [0, 0.1) is 6.92 Å². The van der Waals surface area contributed by atoms with E-state index >= 15 is 0 Å². The molecule has 0 saturated carbocycles. The number of nitrogens with one attached hydrogen (secondary N) is 1. The van der Waals surface area contributed by atoms with E-state index in [1.165, 1.54) is 0 Å². The number of hydrogen-bond acceptors (Lipinski definition) is 3. The zero-order valence-corrected chi connectivity index (χ0v) is 8.84. The second kappa shape index (κ2) is 3.90. The van der Waals surface area contributed by atoms with Gasteiger partial charge in [-0.3, -0.25) is 4.79 Å². The Hall–Kier alpha value is -1.55. The van der Waals surface area contributed by atoms with Crippen LogP contribution in [0.15, 0.2) is 27.6 Å². The quantitative estimate of drug-likeness (QED) is 0.793. The zero-order chi connectivity index (χ0) is 10.8. The van der Waals surface area contributed by atoms with E-state index in [2.05, 4.69) is 10.1 Å². The minimum absolute atomic E-state index is 0.192. The number of H-pyrrole nitrogens is 1. The third-order valence-electron chi connectivity index (χ3n) is 2.17. The summed E-state index contributed by atoms with van der Waals surface area (Å²) < 4.78 is 4.91. The number of hydrogen-bond donors (Lipinski definition) is 1. The van der Waals surface area contributed by atoms with Gasteiger partial charge in [0.05, 0.1) is 5.56 Å². The lowest BCUT2D eigenvalue weighted by molar-refractivity contribution is 0.391. The Morgan fingerprint density at radius 3 is 2.87 bits per heavy atom. The van der Waals surface area contributed by atoms with Crippen molar-refractivity contribution in [2.45, 2.75) is 13.3 Å². The molecular formula is C10H9ClN2O2. The Labute approximate surface area is 90.9 Å². The molecule has 78 valence electrons. The van der Waals surface area contributed by atoms with E-state index in [4.69, 9.17) is 16.1 Å². The molecule has 0 aromatic carbocycles. The van der Waals surface area contributed by atoms with Crippen LogP contribution >= 0.6 is 11.6 Å². The van der Waals surface area contributed by atoms with Crippen LogP contribution in [-0.2, 0) is 6.42 Å². The van der Waals surface area contributed by atoms with E-state index in [1.54, 1.807) is 19.2 Å². The first-order valence-corrected chi connectivity index (χ1v) is 4.82. The predicted molar refractivity (Wildman–Crippen MR) is 56.1 cm³/mol. The highest BCUT2D eigenvalue weighted by Crippen LogP contribution is 2.11. The van der Waals surface area contributed by atoms with Gasteiger partial charge in [0.15, 0.2) is 0 Å². The smallest absolute Gasteiger partial charge is 0.283 e. The molecule has 2 rings (SSSR count). The van der Waals surface area contributed by atoms with Crippen LogP contribution in [0.4, 0.5) is 0 Å². The lowest BCUT2D eigenvalue weighted by Gasteiger charge is -1.97. The van der Waals surface area contributed by atoms with E-state index in [1.807, 2.05) is 6.07 Å². The Kier molecular flexibility index (Phi) is 2.60. The van der Waals surface area contributed by atoms with E-state index in [0.29, 0.717) is 22.9 Å². The number of aromatic nitrogens is 2. The number of pyridine rings is 1. The number of halogens is 1. The fraction of sp³-hybridized carbons (Fsp3) is 0.200. The van der Waals surface area contributed by atoms with Gasteiger partial charge in [-0.2, -0.15) is 5.16 Å². The summed E-state index contributed by atoms with van der Waals surface area (Å²) in [7, 11) is 0. The third-order valence-corrected chi connectivity index (χ3v) is 2.39. The van der Waals surface area contributed by atoms with Gasteiger partial charge in [-0.05, 0) is 18.6 Å². The first-order valence-electron chi connectivity index (χ1n) is 4.44. The van der Waals surface area contributed by atoms with Crippen LogP contribution in [0.5, 0.6) is 0 Å². The first-order chi connectivity index (χ1) is 7.16. The summed E-state index contributed by atoms with van der Waals surface area (Å²) in [6.07, 6.45) is 2.15. The minimum atomic E-state index is -0.192. The Bertz CT molecular complexity index is 513. The molecule has 15 heavy (non-hydrogen) atoms. The molecule has 2 aromatic rings. The summed E-state index contributed by atoms with van der Waals surface area (Å²) in [6.45, 7) is 1.75. The molecule has 0 atom stereocenters. The number of aromatic amines is 1. The molecular weight excluding hydrogens is 216 g/mol. The van der Waals surface area contributed by atoms with Crippen LogP contribution in [-0.4, -0.2) is 10.1 Å². The highest BCUT2D eigenvalue weighted by Gasteiger charge is 2.09. The normalized spacial score (nSPS) is 10.5. The van der Waals surface area contributed by atoms with Gasteiger partial charge in [-0.15, -0.1) is 0 Å². The maximum atomic E-state index is 11.3. The van der Waals surface area contributed by atoms with Gasteiger partial charge in [0.1, 0.15) is 10.9 Å². The molecule has 0 aliphatic rings. The van der Waals surface area contributed by atoms with Crippen LogP contribution in [0.2, 0.25) is 5.15 Å². The topological polar surface area (TPSA) is 58.9 Å². The zero-order valence-electron chi connectivity index (χ0n) is 8.08. The van der Waals surface area contributed by atoms with Crippen molar-refractivity contribution in [2.24, 2.45) is 0 Å². The minimum Gasteiger partial charge on any atom is -0.384 e. The lowest BCUT2D eigenvalue weighted by Crippen LogP contribution is -2.06. The molecule has 2 heterocycles. The Morgan fingerprint density at radius 1 is 1.53 bits per heavy atom. The Morgan fingerprint density at radius 2 is 2.33 bits per heavy atom. The summed E-state index contributed by atoms with van der Waals surface area (Å²) in [5, 5.41) is 2.73. The van der Waals surface area contributed by atoms with Gasteiger partial charge in [0, 0.05) is 12.6 Å². The Balaban J connectivity index is 2.29. The molecule has 0 fully saturated rings. The molecule has 0 radical (unpaired) electrons. The molecule has 0 aliphatic heterocycles. The van der Waals surface area contributed by atoms with Crippen molar-refractivity contribution in [1.29, 1.82) is 0 Å². The predicted octanol–water partition coefficient (Wildman–Crippen LogP) is 1.92. The second-order valence-corrected chi connectivity index (χ2v) is 3.62. The van der Waals surface area contributed by atoms with Crippen molar-refractivity contribution in [3.63, 3.8) is 0 Å². The van der Waals surface area contributed by atoms with Crippen molar-refractivity contribution >= 4 is 11.6 Å². The largest absolute Gasteiger partial charge is 0.384 e. The summed E-state index contributed by atoms with van der Waals surface area (Å²) in [5.41, 5.74) is 1.36. The summed E-state index contributed by atoms with van der Waals surface area (Å²) in [5.74, 6) is 0.606. The average molecular weight is 225 g/mol. The first kappa shape index (κ1) is 9.98. The number of aryl methyl sites for hydroxylation is 1. The SMILES string of the molecule is Cc1o[nH]c(=O)c1Cc1ccc(Cl)nc1.